The average Bonchev–Trinajstić information content (AvgIpc) is 3.04. The van der Waals surface area contributed by atoms with E-state index in [0.717, 1.165) is 22.0 Å². The van der Waals surface area contributed by atoms with Crippen LogP contribution in [0.2, 0.25) is 0 Å². The van der Waals surface area contributed by atoms with Crippen LogP contribution < -0.4 is 10.6 Å². The fourth-order valence-corrected chi connectivity index (χ4v) is 4.52. The maximum Gasteiger partial charge on any atom is 0.279 e. The van der Waals surface area contributed by atoms with Crippen LogP contribution in [0, 0.1) is 17.8 Å². The number of thiazole rings is 1. The summed E-state index contributed by atoms with van der Waals surface area (Å²) in [6.45, 7) is 3.94. The topological polar surface area (TPSA) is 54.6 Å². The largest absolute Gasteiger partial charge is 0.493 e. The molecule has 6 heteroatoms. The molecule has 0 fully saturated rings. The van der Waals surface area contributed by atoms with Crippen LogP contribution in [0.4, 0.5) is 0 Å². The van der Waals surface area contributed by atoms with E-state index < -0.39 is 0 Å². The van der Waals surface area contributed by atoms with Crippen molar-refractivity contribution in [3.05, 3.63) is 73.0 Å². The molecule has 1 aliphatic rings. The monoisotopic (exact) mass is 366 g/mol. The van der Waals surface area contributed by atoms with Crippen LogP contribution in [0.15, 0.2) is 47.5 Å². The summed E-state index contributed by atoms with van der Waals surface area (Å²) in [6.07, 6.45) is 0. The van der Waals surface area contributed by atoms with Crippen LogP contribution in [0.5, 0.6) is 5.88 Å². The van der Waals surface area contributed by atoms with Crippen LogP contribution in [-0.2, 0) is 4.79 Å². The molecule has 3 aromatic rings. The first-order valence-electron chi connectivity index (χ1n) is 7.73. The number of carbonyl (C=O) groups excluding carboxylic acids is 1. The maximum atomic E-state index is 12.4. The third-order valence-corrected chi connectivity index (χ3v) is 5.67. The molecule has 1 amide bonds. The quantitative estimate of drug-likeness (QED) is 0.710. The SMILES string of the molecule is Cc1cccc(C)c1-n1c(O)c(C2=c3ccccc3=NC2=O)sc1=S. The van der Waals surface area contributed by atoms with Crippen LogP contribution in [-0.4, -0.2) is 15.6 Å². The van der Waals surface area contributed by atoms with E-state index in [1.54, 1.807) is 10.6 Å². The van der Waals surface area contributed by atoms with E-state index in [9.17, 15) is 9.90 Å². The maximum absolute atomic E-state index is 12.4. The van der Waals surface area contributed by atoms with Gasteiger partial charge >= 0.3 is 0 Å². The Labute approximate surface area is 153 Å². The molecule has 0 saturated carbocycles. The normalized spacial score (nSPS) is 13.0. The van der Waals surface area contributed by atoms with Crippen molar-refractivity contribution in [2.75, 3.05) is 0 Å². The van der Waals surface area contributed by atoms with Gasteiger partial charge in [-0.2, -0.15) is 0 Å². The molecule has 2 heterocycles. The molecule has 4 rings (SSSR count). The van der Waals surface area contributed by atoms with Crippen molar-refractivity contribution >= 4 is 35.0 Å². The van der Waals surface area contributed by atoms with E-state index in [1.807, 2.05) is 50.2 Å². The highest BCUT2D eigenvalue weighted by Gasteiger charge is 2.26. The van der Waals surface area contributed by atoms with E-state index in [4.69, 9.17) is 12.2 Å². The molecule has 25 heavy (non-hydrogen) atoms. The van der Waals surface area contributed by atoms with Crippen LogP contribution >= 0.6 is 23.6 Å². The minimum absolute atomic E-state index is 0.0114. The van der Waals surface area contributed by atoms with Crippen molar-refractivity contribution in [1.82, 2.24) is 4.57 Å². The Hall–Kier alpha value is -2.57. The predicted molar refractivity (Wildman–Crippen MR) is 100 cm³/mol. The molecule has 124 valence electrons. The van der Waals surface area contributed by atoms with Gasteiger partial charge in [-0.05, 0) is 43.3 Å². The number of hydrogen-bond acceptors (Lipinski definition) is 4. The molecular weight excluding hydrogens is 352 g/mol. The summed E-state index contributed by atoms with van der Waals surface area (Å²) in [4.78, 5) is 17.0. The van der Waals surface area contributed by atoms with Gasteiger partial charge in [-0.3, -0.25) is 9.36 Å². The zero-order valence-electron chi connectivity index (χ0n) is 13.6. The Kier molecular flexibility index (Phi) is 3.67. The third-order valence-electron chi connectivity index (χ3n) is 4.29. The number of rotatable bonds is 2. The van der Waals surface area contributed by atoms with E-state index in [0.29, 0.717) is 19.8 Å². The first-order valence-corrected chi connectivity index (χ1v) is 8.95. The molecule has 0 unspecified atom stereocenters. The predicted octanol–water partition coefficient (Wildman–Crippen LogP) is 2.95. The molecule has 0 atom stereocenters. The number of hydrogen-bond donors (Lipinski definition) is 1. The molecular formula is C19H14N2O2S2. The van der Waals surface area contributed by atoms with Gasteiger partial charge in [-0.25, -0.2) is 4.99 Å². The van der Waals surface area contributed by atoms with Crippen molar-refractivity contribution in [3.63, 3.8) is 0 Å². The number of nitrogens with zero attached hydrogens (tertiary/aromatic N) is 2. The molecule has 1 N–H and O–H groups in total. The van der Waals surface area contributed by atoms with Gasteiger partial charge in [-0.15, -0.1) is 11.3 Å². The molecule has 0 bridgehead atoms. The molecule has 0 radical (unpaired) electrons. The fraction of sp³-hybridized carbons (Fsp3) is 0.105. The number of para-hydroxylation sites is 2. The van der Waals surface area contributed by atoms with Gasteiger partial charge in [0.05, 0.1) is 16.6 Å². The summed E-state index contributed by atoms with van der Waals surface area (Å²) in [5.74, 6) is -0.357. The lowest BCUT2D eigenvalue weighted by Crippen LogP contribution is -2.22. The highest BCUT2D eigenvalue weighted by atomic mass is 32.1. The Balaban J connectivity index is 2.05. The second-order valence-electron chi connectivity index (χ2n) is 5.91. The average molecular weight is 366 g/mol. The Bertz CT molecular complexity index is 1200. The molecule has 1 aliphatic heterocycles. The van der Waals surface area contributed by atoms with Gasteiger partial charge in [-0.1, -0.05) is 36.4 Å². The van der Waals surface area contributed by atoms with E-state index in [1.165, 1.54) is 11.3 Å². The van der Waals surface area contributed by atoms with E-state index >= 15 is 0 Å². The van der Waals surface area contributed by atoms with Gasteiger partial charge in [0.2, 0.25) is 5.88 Å². The zero-order valence-corrected chi connectivity index (χ0v) is 15.2. The highest BCUT2D eigenvalue weighted by Crippen LogP contribution is 2.36. The van der Waals surface area contributed by atoms with Crippen molar-refractivity contribution in [1.29, 1.82) is 0 Å². The van der Waals surface area contributed by atoms with Crippen LogP contribution in [0.25, 0.3) is 11.3 Å². The molecule has 4 nitrogen and oxygen atoms in total. The van der Waals surface area contributed by atoms with Gasteiger partial charge in [0.25, 0.3) is 5.91 Å². The summed E-state index contributed by atoms with van der Waals surface area (Å²) < 4.78 is 2.14. The molecule has 1 aromatic heterocycles. The van der Waals surface area contributed by atoms with E-state index in [2.05, 4.69) is 4.99 Å². The molecule has 0 spiro atoms. The molecule has 0 saturated heterocycles. The summed E-state index contributed by atoms with van der Waals surface area (Å²) in [6, 6.07) is 13.2. The number of amides is 1. The Morgan fingerprint density at radius 2 is 1.76 bits per heavy atom. The number of carbonyl (C=O) groups is 1. The third kappa shape index (κ3) is 2.37. The van der Waals surface area contributed by atoms with Gasteiger partial charge in [0.1, 0.15) is 4.88 Å². The van der Waals surface area contributed by atoms with Gasteiger partial charge < -0.3 is 5.11 Å². The Morgan fingerprint density at radius 3 is 2.48 bits per heavy atom. The van der Waals surface area contributed by atoms with Crippen molar-refractivity contribution < 1.29 is 9.90 Å². The van der Waals surface area contributed by atoms with Crippen LogP contribution in [0.1, 0.15) is 16.0 Å². The standard InChI is InChI=1S/C19H14N2O2S2/c1-10-6-5-7-11(2)15(10)21-18(23)16(25-19(21)24)14-12-8-3-4-9-13(12)20-17(14)22/h3-9,23H,1-2H3. The number of fused-ring (bicyclic) bond motifs is 1. The summed E-state index contributed by atoms with van der Waals surface area (Å²) in [5.41, 5.74) is 3.27. The summed E-state index contributed by atoms with van der Waals surface area (Å²) in [7, 11) is 0. The van der Waals surface area contributed by atoms with Gasteiger partial charge in [0.15, 0.2) is 3.95 Å². The summed E-state index contributed by atoms with van der Waals surface area (Å²) >= 11 is 6.73. The first kappa shape index (κ1) is 15.9. The van der Waals surface area contributed by atoms with Crippen molar-refractivity contribution in [2.45, 2.75) is 13.8 Å². The lowest BCUT2D eigenvalue weighted by atomic mass is 10.1. The number of aryl methyl sites for hydroxylation is 2. The minimum Gasteiger partial charge on any atom is -0.493 e. The smallest absolute Gasteiger partial charge is 0.279 e. The van der Waals surface area contributed by atoms with Crippen molar-refractivity contribution in [2.24, 2.45) is 4.99 Å². The molecule has 0 aliphatic carbocycles. The number of aromatic hydroxyl groups is 1. The summed E-state index contributed by atoms with van der Waals surface area (Å²) in [5, 5.41) is 12.3. The van der Waals surface area contributed by atoms with Crippen LogP contribution in [0.3, 0.4) is 0 Å². The second-order valence-corrected chi connectivity index (χ2v) is 7.55. The number of aromatic nitrogens is 1. The second kappa shape index (κ2) is 5.75. The van der Waals surface area contributed by atoms with Gasteiger partial charge in [0, 0.05) is 5.22 Å². The minimum atomic E-state index is -0.346. The lowest BCUT2D eigenvalue weighted by molar-refractivity contribution is -0.112. The Morgan fingerprint density at radius 1 is 1.08 bits per heavy atom. The lowest BCUT2D eigenvalue weighted by Gasteiger charge is -2.12. The van der Waals surface area contributed by atoms with E-state index in [-0.39, 0.29) is 11.8 Å². The highest BCUT2D eigenvalue weighted by molar-refractivity contribution is 7.73. The first-order chi connectivity index (χ1) is 12.0. The zero-order chi connectivity index (χ0) is 17.7. The fourth-order valence-electron chi connectivity index (χ4n) is 3.17. The molecule has 2 aromatic carbocycles. The van der Waals surface area contributed by atoms with Crippen molar-refractivity contribution in [3.8, 4) is 11.6 Å². The number of benzene rings is 2.